The lowest BCUT2D eigenvalue weighted by molar-refractivity contribution is 0.00431. The summed E-state index contributed by atoms with van der Waals surface area (Å²) < 4.78 is 6.36. The first kappa shape index (κ1) is 28.4. The van der Waals surface area contributed by atoms with E-state index in [0.717, 1.165) is 49.6 Å². The number of piperazine rings is 1. The number of ether oxygens (including phenoxy) is 1. The molecule has 220 valence electrons. The predicted octanol–water partition coefficient (Wildman–Crippen LogP) is 3.96. The molecule has 0 bridgehead atoms. The third-order valence-electron chi connectivity index (χ3n) is 9.15. The van der Waals surface area contributed by atoms with E-state index < -0.39 is 6.23 Å². The van der Waals surface area contributed by atoms with Crippen LogP contribution in [0, 0.1) is 11.3 Å². The average molecular weight is 568 g/mol. The van der Waals surface area contributed by atoms with Gasteiger partial charge in [-0.15, -0.1) is 0 Å². The minimum atomic E-state index is -0.772. The van der Waals surface area contributed by atoms with Crippen molar-refractivity contribution in [2.45, 2.75) is 57.5 Å². The number of aliphatic hydroxyl groups is 1. The van der Waals surface area contributed by atoms with Crippen LogP contribution in [-0.4, -0.2) is 89.1 Å². The van der Waals surface area contributed by atoms with E-state index >= 15 is 0 Å². The summed E-state index contributed by atoms with van der Waals surface area (Å²) in [6.45, 7) is 12.1. The zero-order chi connectivity index (χ0) is 29.1. The van der Waals surface area contributed by atoms with E-state index in [-0.39, 0.29) is 6.04 Å². The lowest BCUT2D eigenvalue weighted by Gasteiger charge is -2.43. The van der Waals surface area contributed by atoms with Crippen LogP contribution in [0.2, 0.25) is 0 Å². The molecule has 9 nitrogen and oxygen atoms in total. The molecule has 4 heterocycles. The van der Waals surface area contributed by atoms with E-state index in [0.29, 0.717) is 51.3 Å². The highest BCUT2D eigenvalue weighted by Gasteiger charge is 2.34. The summed E-state index contributed by atoms with van der Waals surface area (Å²) >= 11 is 0. The van der Waals surface area contributed by atoms with Crippen LogP contribution in [0.5, 0.6) is 6.01 Å². The maximum absolute atomic E-state index is 10.5. The fourth-order valence-electron chi connectivity index (χ4n) is 6.91. The van der Waals surface area contributed by atoms with Crippen molar-refractivity contribution in [1.29, 1.82) is 5.26 Å². The number of benzene rings is 2. The number of likely N-dealkylation sites (N-methyl/N-ethyl adjacent to an activating group) is 1. The van der Waals surface area contributed by atoms with E-state index in [1.807, 2.05) is 4.90 Å². The van der Waals surface area contributed by atoms with E-state index in [2.05, 4.69) is 76.7 Å². The van der Waals surface area contributed by atoms with Crippen molar-refractivity contribution in [1.82, 2.24) is 19.8 Å². The lowest BCUT2D eigenvalue weighted by atomic mass is 10.0. The standard InChI is InChI=1S/C33H41N7O2/c1-3-31(41)40-20-19-39(21-25(40)14-16-34)32-28-15-18-38(30-13-7-10-24-9-5-6-12-27(24)30)22-29(28)35-33(36-32)42-23-26-11-8-17-37(26)4-2/h3,5-7,9-10,12-13,25-26,31,41H,1,4,8,11,14-15,17-23H2,2H3/t25?,26-,31?/m0/s1. The van der Waals surface area contributed by atoms with Crippen molar-refractivity contribution in [2.24, 2.45) is 0 Å². The molecule has 0 aliphatic carbocycles. The predicted molar refractivity (Wildman–Crippen MR) is 166 cm³/mol. The number of fused-ring (bicyclic) bond motifs is 2. The summed E-state index contributed by atoms with van der Waals surface area (Å²) in [5, 5.41) is 22.6. The van der Waals surface area contributed by atoms with Crippen LogP contribution in [0.1, 0.15) is 37.4 Å². The maximum Gasteiger partial charge on any atom is 0.318 e. The molecule has 2 aromatic carbocycles. The molecular weight excluding hydrogens is 526 g/mol. The maximum atomic E-state index is 10.5. The molecule has 0 spiro atoms. The topological polar surface area (TPSA) is 92.0 Å². The quantitative estimate of drug-likeness (QED) is 0.386. The Morgan fingerprint density at radius 1 is 1.10 bits per heavy atom. The van der Waals surface area contributed by atoms with Crippen LogP contribution >= 0.6 is 0 Å². The van der Waals surface area contributed by atoms with Gasteiger partial charge in [-0.1, -0.05) is 49.9 Å². The minimum Gasteiger partial charge on any atom is -0.462 e. The number of rotatable bonds is 9. The van der Waals surface area contributed by atoms with Crippen LogP contribution in [-0.2, 0) is 13.0 Å². The number of likely N-dealkylation sites (tertiary alicyclic amines) is 1. The normalized spacial score (nSPS) is 22.1. The van der Waals surface area contributed by atoms with Crippen molar-refractivity contribution >= 4 is 22.3 Å². The van der Waals surface area contributed by atoms with E-state index in [4.69, 9.17) is 14.7 Å². The zero-order valence-electron chi connectivity index (χ0n) is 24.5. The van der Waals surface area contributed by atoms with Gasteiger partial charge in [-0.3, -0.25) is 9.80 Å². The number of aromatic nitrogens is 2. The van der Waals surface area contributed by atoms with Crippen molar-refractivity contribution in [3.63, 3.8) is 0 Å². The second kappa shape index (κ2) is 12.7. The molecular formula is C33H41N7O2. The molecule has 0 radical (unpaired) electrons. The van der Waals surface area contributed by atoms with Crippen molar-refractivity contribution < 1.29 is 9.84 Å². The Labute approximate surface area is 248 Å². The number of nitriles is 1. The molecule has 3 aliphatic rings. The number of aliphatic hydroxyl groups excluding tert-OH is 1. The fourth-order valence-corrected chi connectivity index (χ4v) is 6.91. The first-order valence-electron chi connectivity index (χ1n) is 15.3. The Kier molecular flexibility index (Phi) is 8.56. The molecule has 1 N–H and O–H groups in total. The molecule has 6 rings (SSSR count). The van der Waals surface area contributed by atoms with Crippen molar-refractivity contribution in [3.8, 4) is 12.1 Å². The SMILES string of the molecule is C=CC(O)N1CCN(c2nc(OC[C@@H]3CCCN3CC)nc3c2CCN(c2cccc4ccccc24)C3)CC1CC#N. The molecule has 3 aliphatic heterocycles. The van der Waals surface area contributed by atoms with Crippen LogP contribution in [0.15, 0.2) is 55.1 Å². The van der Waals surface area contributed by atoms with Gasteiger partial charge in [0.1, 0.15) is 18.7 Å². The van der Waals surface area contributed by atoms with Gasteiger partial charge in [0.25, 0.3) is 0 Å². The summed E-state index contributed by atoms with van der Waals surface area (Å²) in [7, 11) is 0. The van der Waals surface area contributed by atoms with Gasteiger partial charge in [-0.05, 0) is 49.9 Å². The van der Waals surface area contributed by atoms with Crippen molar-refractivity contribution in [3.05, 3.63) is 66.4 Å². The Bertz CT molecular complexity index is 1450. The summed E-state index contributed by atoms with van der Waals surface area (Å²) in [6.07, 6.45) is 4.22. The number of hydrogen-bond acceptors (Lipinski definition) is 9. The highest BCUT2D eigenvalue weighted by Crippen LogP contribution is 2.35. The molecule has 3 atom stereocenters. The Hall–Kier alpha value is -3.71. The molecule has 9 heteroatoms. The third-order valence-corrected chi connectivity index (χ3v) is 9.15. The van der Waals surface area contributed by atoms with Crippen LogP contribution < -0.4 is 14.5 Å². The van der Waals surface area contributed by atoms with Crippen LogP contribution in [0.4, 0.5) is 11.5 Å². The van der Waals surface area contributed by atoms with Gasteiger partial charge < -0.3 is 19.6 Å². The van der Waals surface area contributed by atoms with Gasteiger partial charge in [0, 0.05) is 54.9 Å². The average Bonchev–Trinajstić information content (AvgIpc) is 3.50. The first-order valence-corrected chi connectivity index (χ1v) is 15.3. The van der Waals surface area contributed by atoms with Gasteiger partial charge >= 0.3 is 6.01 Å². The first-order chi connectivity index (χ1) is 20.6. The van der Waals surface area contributed by atoms with Crippen LogP contribution in [0.25, 0.3) is 10.8 Å². The zero-order valence-corrected chi connectivity index (χ0v) is 24.5. The largest absolute Gasteiger partial charge is 0.462 e. The van der Waals surface area contributed by atoms with E-state index in [1.165, 1.54) is 29.0 Å². The second-order valence-corrected chi connectivity index (χ2v) is 11.5. The smallest absolute Gasteiger partial charge is 0.318 e. The summed E-state index contributed by atoms with van der Waals surface area (Å²) in [6, 6.07) is 18.0. The molecule has 3 aromatic rings. The Morgan fingerprint density at radius 2 is 1.95 bits per heavy atom. The summed E-state index contributed by atoms with van der Waals surface area (Å²) in [5.41, 5.74) is 3.37. The third kappa shape index (κ3) is 5.67. The molecule has 2 saturated heterocycles. The van der Waals surface area contributed by atoms with Crippen LogP contribution in [0.3, 0.4) is 0 Å². The number of anilines is 2. The molecule has 0 saturated carbocycles. The Balaban J connectivity index is 1.32. The van der Waals surface area contributed by atoms with Gasteiger partial charge in [-0.2, -0.15) is 15.2 Å². The van der Waals surface area contributed by atoms with E-state index in [1.54, 1.807) is 0 Å². The summed E-state index contributed by atoms with van der Waals surface area (Å²) in [5.74, 6) is 0.905. The van der Waals surface area contributed by atoms with Gasteiger partial charge in [0.2, 0.25) is 0 Å². The highest BCUT2D eigenvalue weighted by molar-refractivity contribution is 5.94. The van der Waals surface area contributed by atoms with Gasteiger partial charge in [0.05, 0.1) is 24.7 Å². The monoisotopic (exact) mass is 567 g/mol. The molecule has 2 unspecified atom stereocenters. The second-order valence-electron chi connectivity index (χ2n) is 11.5. The van der Waals surface area contributed by atoms with E-state index in [9.17, 15) is 10.4 Å². The lowest BCUT2D eigenvalue weighted by Crippen LogP contribution is -2.56. The van der Waals surface area contributed by atoms with Crippen molar-refractivity contribution in [2.75, 3.05) is 55.7 Å². The summed E-state index contributed by atoms with van der Waals surface area (Å²) in [4.78, 5) is 19.1. The molecule has 1 aromatic heterocycles. The number of hydrogen-bond donors (Lipinski definition) is 1. The molecule has 42 heavy (non-hydrogen) atoms. The van der Waals surface area contributed by atoms with Gasteiger partial charge in [0.15, 0.2) is 0 Å². The number of nitrogens with zero attached hydrogens (tertiary/aromatic N) is 7. The highest BCUT2D eigenvalue weighted by atomic mass is 16.5. The minimum absolute atomic E-state index is 0.126. The van der Waals surface area contributed by atoms with Gasteiger partial charge in [-0.25, -0.2) is 0 Å². The Morgan fingerprint density at radius 3 is 2.79 bits per heavy atom. The molecule has 2 fully saturated rings. The molecule has 0 amide bonds. The fraction of sp³-hybridized carbons (Fsp3) is 0.485.